The number of hydrogen-bond donors (Lipinski definition) is 3. The van der Waals surface area contributed by atoms with Gasteiger partial charge in [0.05, 0.1) is 18.4 Å². The maximum absolute atomic E-state index is 12.6. The Labute approximate surface area is 181 Å². The van der Waals surface area contributed by atoms with Crippen LogP contribution in [0.2, 0.25) is 5.02 Å². The van der Waals surface area contributed by atoms with Crippen LogP contribution in [0.3, 0.4) is 0 Å². The van der Waals surface area contributed by atoms with Crippen LogP contribution in [0, 0.1) is 6.92 Å². The van der Waals surface area contributed by atoms with Gasteiger partial charge in [-0.1, -0.05) is 22.9 Å². The molecule has 0 saturated carbocycles. The number of halogens is 1. The van der Waals surface area contributed by atoms with E-state index in [1.54, 1.807) is 55.5 Å². The molecule has 10 heteroatoms. The minimum Gasteiger partial charge on any atom is -0.465 e. The first-order chi connectivity index (χ1) is 14.4. The van der Waals surface area contributed by atoms with E-state index in [1.165, 1.54) is 7.11 Å². The van der Waals surface area contributed by atoms with Gasteiger partial charge >= 0.3 is 12.0 Å². The summed E-state index contributed by atoms with van der Waals surface area (Å²) < 4.78 is 4.64. The highest BCUT2D eigenvalue weighted by Gasteiger charge is 2.17. The summed E-state index contributed by atoms with van der Waals surface area (Å²) in [6.07, 6.45) is 0. The highest BCUT2D eigenvalue weighted by Crippen LogP contribution is 2.24. The maximum Gasteiger partial charge on any atom is 0.337 e. The number of aromatic nitrogens is 1. The van der Waals surface area contributed by atoms with E-state index in [4.69, 9.17) is 11.6 Å². The molecule has 0 unspecified atom stereocenters. The van der Waals surface area contributed by atoms with Gasteiger partial charge in [-0.3, -0.25) is 10.1 Å². The molecule has 0 aliphatic carbocycles. The Morgan fingerprint density at radius 1 is 0.933 bits per heavy atom. The Bertz CT molecular complexity index is 1080. The van der Waals surface area contributed by atoms with Crippen molar-refractivity contribution in [3.05, 3.63) is 69.7 Å². The summed E-state index contributed by atoms with van der Waals surface area (Å²) in [5.74, 6) is -0.833. The molecule has 0 aliphatic heterocycles. The molecule has 0 saturated heterocycles. The molecule has 3 rings (SSSR count). The van der Waals surface area contributed by atoms with Crippen molar-refractivity contribution in [1.82, 2.24) is 4.98 Å². The fourth-order valence-corrected chi connectivity index (χ4v) is 3.43. The molecular formula is C20H17ClN4O4S. The Morgan fingerprint density at radius 2 is 1.53 bits per heavy atom. The number of ether oxygens (including phenoxy) is 1. The van der Waals surface area contributed by atoms with Gasteiger partial charge in [0.25, 0.3) is 5.91 Å². The van der Waals surface area contributed by atoms with E-state index in [9.17, 15) is 14.4 Å². The summed E-state index contributed by atoms with van der Waals surface area (Å²) in [7, 11) is 1.30. The van der Waals surface area contributed by atoms with Gasteiger partial charge in [0.1, 0.15) is 4.88 Å². The lowest BCUT2D eigenvalue weighted by atomic mass is 10.2. The van der Waals surface area contributed by atoms with Gasteiger partial charge in [-0.2, -0.15) is 0 Å². The van der Waals surface area contributed by atoms with Gasteiger partial charge in [0.15, 0.2) is 5.13 Å². The van der Waals surface area contributed by atoms with E-state index in [-0.39, 0.29) is 11.0 Å². The third-order valence-electron chi connectivity index (χ3n) is 3.89. The second kappa shape index (κ2) is 9.38. The SMILES string of the molecule is COC(=O)c1ccc(NC(=O)c2sc(NC(=O)Nc3ccc(Cl)cc3)nc2C)cc1. The van der Waals surface area contributed by atoms with Crippen molar-refractivity contribution in [3.63, 3.8) is 0 Å². The predicted molar refractivity (Wildman–Crippen MR) is 117 cm³/mol. The lowest BCUT2D eigenvalue weighted by Gasteiger charge is -2.05. The molecule has 3 N–H and O–H groups in total. The Balaban J connectivity index is 1.63. The topological polar surface area (TPSA) is 109 Å². The zero-order chi connectivity index (χ0) is 21.7. The number of aryl methyl sites for hydroxylation is 1. The van der Waals surface area contributed by atoms with Crippen molar-refractivity contribution in [2.75, 3.05) is 23.1 Å². The number of amides is 3. The second-order valence-electron chi connectivity index (χ2n) is 6.04. The van der Waals surface area contributed by atoms with Gasteiger partial charge in [-0.25, -0.2) is 14.6 Å². The maximum atomic E-state index is 12.6. The fourth-order valence-electron chi connectivity index (χ4n) is 2.45. The largest absolute Gasteiger partial charge is 0.465 e. The van der Waals surface area contributed by atoms with Crippen molar-refractivity contribution >= 4 is 57.4 Å². The molecule has 0 atom stereocenters. The molecule has 1 aromatic heterocycles. The van der Waals surface area contributed by atoms with Crippen LogP contribution in [-0.2, 0) is 4.74 Å². The predicted octanol–water partition coefficient (Wildman–Crippen LogP) is 4.79. The number of carbonyl (C=O) groups is 3. The first-order valence-corrected chi connectivity index (χ1v) is 9.86. The number of carbonyl (C=O) groups excluding carboxylic acids is 3. The molecule has 0 fully saturated rings. The third-order valence-corrected chi connectivity index (χ3v) is 5.21. The van der Waals surface area contributed by atoms with E-state index in [1.807, 2.05) is 0 Å². The number of rotatable bonds is 5. The molecule has 30 heavy (non-hydrogen) atoms. The zero-order valence-corrected chi connectivity index (χ0v) is 17.6. The summed E-state index contributed by atoms with van der Waals surface area (Å²) in [6.45, 7) is 1.67. The van der Waals surface area contributed by atoms with E-state index >= 15 is 0 Å². The molecule has 0 bridgehead atoms. The van der Waals surface area contributed by atoms with E-state index < -0.39 is 12.0 Å². The molecule has 8 nitrogen and oxygen atoms in total. The second-order valence-corrected chi connectivity index (χ2v) is 7.48. The molecule has 3 aromatic rings. The van der Waals surface area contributed by atoms with Gasteiger partial charge in [0.2, 0.25) is 0 Å². The number of urea groups is 1. The summed E-state index contributed by atoms with van der Waals surface area (Å²) in [4.78, 5) is 40.7. The van der Waals surface area contributed by atoms with Crippen molar-refractivity contribution < 1.29 is 19.1 Å². The number of benzene rings is 2. The summed E-state index contributed by atoms with van der Waals surface area (Å²) in [6, 6.07) is 12.5. The normalized spacial score (nSPS) is 10.2. The van der Waals surface area contributed by atoms with Gasteiger partial charge < -0.3 is 15.4 Å². The van der Waals surface area contributed by atoms with Crippen LogP contribution in [0.1, 0.15) is 25.7 Å². The van der Waals surface area contributed by atoms with Crippen LogP contribution >= 0.6 is 22.9 Å². The zero-order valence-electron chi connectivity index (χ0n) is 16.0. The molecule has 2 aromatic carbocycles. The van der Waals surface area contributed by atoms with Crippen molar-refractivity contribution in [1.29, 1.82) is 0 Å². The molecule has 1 heterocycles. The smallest absolute Gasteiger partial charge is 0.337 e. The summed E-state index contributed by atoms with van der Waals surface area (Å²) in [5, 5.41) is 8.84. The number of esters is 1. The first kappa shape index (κ1) is 21.3. The molecular weight excluding hydrogens is 428 g/mol. The number of nitrogens with zero attached hydrogens (tertiary/aromatic N) is 1. The van der Waals surface area contributed by atoms with Crippen LogP contribution in [0.5, 0.6) is 0 Å². The molecule has 154 valence electrons. The lowest BCUT2D eigenvalue weighted by Crippen LogP contribution is -2.19. The highest BCUT2D eigenvalue weighted by molar-refractivity contribution is 7.17. The van der Waals surface area contributed by atoms with Gasteiger partial charge in [0, 0.05) is 16.4 Å². The Morgan fingerprint density at radius 3 is 2.17 bits per heavy atom. The monoisotopic (exact) mass is 444 g/mol. The van der Waals surface area contributed by atoms with Crippen LogP contribution < -0.4 is 16.0 Å². The Kier molecular flexibility index (Phi) is 6.65. The minimum atomic E-state index is -0.489. The fraction of sp³-hybridized carbons (Fsp3) is 0.100. The standard InChI is InChI=1S/C20H17ClN4O4S/c1-11-16(17(26)23-14-7-3-12(4-8-14)18(27)29-2)30-20(22-11)25-19(28)24-15-9-5-13(21)6-10-15/h3-10H,1-2H3,(H,23,26)(H2,22,24,25,28). The van der Waals surface area contributed by atoms with E-state index in [0.717, 1.165) is 11.3 Å². The molecule has 0 spiro atoms. The number of thiazole rings is 1. The summed E-state index contributed by atoms with van der Waals surface area (Å²) in [5.41, 5.74) is 1.93. The molecule has 3 amide bonds. The average Bonchev–Trinajstić information content (AvgIpc) is 3.09. The number of anilines is 3. The molecule has 0 aliphatic rings. The average molecular weight is 445 g/mol. The Hall–Kier alpha value is -3.43. The highest BCUT2D eigenvalue weighted by atomic mass is 35.5. The van der Waals surface area contributed by atoms with E-state index in [0.29, 0.717) is 32.5 Å². The molecule has 0 radical (unpaired) electrons. The first-order valence-electron chi connectivity index (χ1n) is 8.66. The van der Waals surface area contributed by atoms with E-state index in [2.05, 4.69) is 25.7 Å². The van der Waals surface area contributed by atoms with Crippen molar-refractivity contribution in [2.24, 2.45) is 0 Å². The summed E-state index contributed by atoms with van der Waals surface area (Å²) >= 11 is 6.87. The van der Waals surface area contributed by atoms with Crippen LogP contribution in [0.25, 0.3) is 0 Å². The van der Waals surface area contributed by atoms with Crippen molar-refractivity contribution in [2.45, 2.75) is 6.92 Å². The van der Waals surface area contributed by atoms with Crippen LogP contribution in [0.4, 0.5) is 21.3 Å². The number of nitrogens with one attached hydrogen (secondary N) is 3. The number of hydrogen-bond acceptors (Lipinski definition) is 6. The lowest BCUT2D eigenvalue weighted by molar-refractivity contribution is 0.0600. The number of methoxy groups -OCH3 is 1. The van der Waals surface area contributed by atoms with Crippen LogP contribution in [0.15, 0.2) is 48.5 Å². The quantitative estimate of drug-likeness (QED) is 0.490. The van der Waals surface area contributed by atoms with Gasteiger partial charge in [-0.15, -0.1) is 0 Å². The minimum absolute atomic E-state index is 0.283. The van der Waals surface area contributed by atoms with Gasteiger partial charge in [-0.05, 0) is 55.5 Å². The van der Waals surface area contributed by atoms with Crippen molar-refractivity contribution in [3.8, 4) is 0 Å². The van der Waals surface area contributed by atoms with Crippen LogP contribution in [-0.4, -0.2) is 30.0 Å². The third kappa shape index (κ3) is 5.34.